The summed E-state index contributed by atoms with van der Waals surface area (Å²) in [6, 6.07) is 5.44. The van der Waals surface area contributed by atoms with E-state index in [1.165, 1.54) is 0 Å². The highest BCUT2D eigenvalue weighted by molar-refractivity contribution is 6.31. The lowest BCUT2D eigenvalue weighted by molar-refractivity contribution is 0.110. The number of H-pyrrole nitrogens is 1. The van der Waals surface area contributed by atoms with Crippen LogP contribution < -0.4 is 10.1 Å². The van der Waals surface area contributed by atoms with Crippen molar-refractivity contribution in [3.8, 4) is 17.1 Å². The number of aliphatic hydroxyl groups excluding tert-OH is 1. The van der Waals surface area contributed by atoms with Crippen molar-refractivity contribution in [3.05, 3.63) is 35.6 Å². The Hall–Kier alpha value is -3.17. The molecule has 0 spiro atoms. The number of amides is 1. The minimum atomic E-state index is -0.579. The molecule has 10 heteroatoms. The Morgan fingerprint density at radius 2 is 2.26 bits per heavy atom. The number of carbonyl (C=O) groups excluding carboxylic acids is 1. The number of nitrogens with one attached hydrogen (secondary N) is 2. The van der Waals surface area contributed by atoms with E-state index in [1.807, 2.05) is 19.2 Å². The van der Waals surface area contributed by atoms with Crippen molar-refractivity contribution in [2.24, 2.45) is 7.05 Å². The molecule has 0 saturated heterocycles. The SMILES string of the molecule is Cn1nc(-c2cnc3[nH]cc(OC(=O)N[C@@H]4CCC[C@@H](O)C4)c3n2)c2ccc(Cl)cc21. The van der Waals surface area contributed by atoms with Crippen LogP contribution in [-0.4, -0.2) is 48.1 Å². The molecule has 3 heterocycles. The first-order valence-corrected chi connectivity index (χ1v) is 10.5. The molecule has 3 aromatic heterocycles. The number of aryl methyl sites for hydroxylation is 1. The van der Waals surface area contributed by atoms with Crippen molar-refractivity contribution in [3.63, 3.8) is 0 Å². The van der Waals surface area contributed by atoms with Crippen LogP contribution in [0.1, 0.15) is 25.7 Å². The molecule has 5 rings (SSSR count). The maximum Gasteiger partial charge on any atom is 0.412 e. The molecule has 3 N–H and O–H groups in total. The third kappa shape index (κ3) is 3.82. The number of aromatic amines is 1. The fourth-order valence-electron chi connectivity index (χ4n) is 4.07. The molecule has 160 valence electrons. The van der Waals surface area contributed by atoms with E-state index in [-0.39, 0.29) is 17.9 Å². The number of nitrogens with zero attached hydrogens (tertiary/aromatic N) is 4. The molecule has 1 fully saturated rings. The van der Waals surface area contributed by atoms with Crippen molar-refractivity contribution < 1.29 is 14.6 Å². The quantitative estimate of drug-likeness (QED) is 0.448. The summed E-state index contributed by atoms with van der Waals surface area (Å²) in [7, 11) is 1.84. The highest BCUT2D eigenvalue weighted by Crippen LogP contribution is 2.30. The molecule has 0 aliphatic heterocycles. The van der Waals surface area contributed by atoms with E-state index in [0.717, 1.165) is 30.2 Å². The van der Waals surface area contributed by atoms with Crippen LogP contribution >= 0.6 is 11.6 Å². The molecule has 1 aliphatic carbocycles. The average Bonchev–Trinajstić information content (AvgIpc) is 3.28. The molecule has 9 nitrogen and oxygen atoms in total. The Morgan fingerprint density at radius 1 is 1.39 bits per heavy atom. The zero-order valence-electron chi connectivity index (χ0n) is 16.8. The lowest BCUT2D eigenvalue weighted by Crippen LogP contribution is -2.41. The van der Waals surface area contributed by atoms with E-state index in [2.05, 4.69) is 25.4 Å². The van der Waals surface area contributed by atoms with Gasteiger partial charge in [0.25, 0.3) is 0 Å². The second kappa shape index (κ2) is 7.82. The van der Waals surface area contributed by atoms with Gasteiger partial charge < -0.3 is 20.1 Å². The van der Waals surface area contributed by atoms with Crippen LogP contribution in [0.4, 0.5) is 4.79 Å². The molecule has 2 atom stereocenters. The highest BCUT2D eigenvalue weighted by atomic mass is 35.5. The minimum absolute atomic E-state index is 0.102. The smallest absolute Gasteiger partial charge is 0.406 e. The summed E-state index contributed by atoms with van der Waals surface area (Å²) in [6.45, 7) is 0. The Kier molecular flexibility index (Phi) is 4.99. The predicted octanol–water partition coefficient (Wildman–Crippen LogP) is 3.56. The summed E-state index contributed by atoms with van der Waals surface area (Å²) >= 11 is 6.11. The van der Waals surface area contributed by atoms with Crippen LogP contribution in [-0.2, 0) is 7.05 Å². The Morgan fingerprint density at radius 3 is 3.10 bits per heavy atom. The van der Waals surface area contributed by atoms with Gasteiger partial charge in [-0.2, -0.15) is 5.10 Å². The van der Waals surface area contributed by atoms with Gasteiger partial charge in [-0.15, -0.1) is 0 Å². The van der Waals surface area contributed by atoms with Crippen LogP contribution in [0.2, 0.25) is 5.02 Å². The van der Waals surface area contributed by atoms with Gasteiger partial charge in [-0.1, -0.05) is 11.6 Å². The number of hydrogen-bond donors (Lipinski definition) is 3. The highest BCUT2D eigenvalue weighted by Gasteiger charge is 2.23. The molecule has 31 heavy (non-hydrogen) atoms. The number of carbonyl (C=O) groups is 1. The number of aliphatic hydroxyl groups is 1. The fourth-order valence-corrected chi connectivity index (χ4v) is 4.24. The summed E-state index contributed by atoms with van der Waals surface area (Å²) in [6.07, 6.45) is 5.21. The molecular weight excluding hydrogens is 420 g/mol. The number of ether oxygens (including phenoxy) is 1. The lowest BCUT2D eigenvalue weighted by atomic mass is 9.93. The number of aromatic nitrogens is 5. The van der Waals surface area contributed by atoms with Gasteiger partial charge in [0.1, 0.15) is 11.4 Å². The van der Waals surface area contributed by atoms with Gasteiger partial charge in [-0.25, -0.2) is 14.8 Å². The molecule has 4 aromatic rings. The second-order valence-electron chi connectivity index (χ2n) is 7.79. The van der Waals surface area contributed by atoms with Gasteiger partial charge in [0, 0.05) is 29.7 Å². The van der Waals surface area contributed by atoms with Crippen molar-refractivity contribution in [2.75, 3.05) is 0 Å². The first-order valence-electron chi connectivity index (χ1n) is 10.1. The van der Waals surface area contributed by atoms with E-state index in [9.17, 15) is 9.90 Å². The van der Waals surface area contributed by atoms with Crippen molar-refractivity contribution in [1.29, 1.82) is 0 Å². The zero-order valence-corrected chi connectivity index (χ0v) is 17.6. The van der Waals surface area contributed by atoms with E-state index < -0.39 is 6.09 Å². The van der Waals surface area contributed by atoms with Gasteiger partial charge in [0.05, 0.1) is 17.8 Å². The molecular formula is C21H21ClN6O3. The van der Waals surface area contributed by atoms with Gasteiger partial charge >= 0.3 is 6.09 Å². The third-order valence-electron chi connectivity index (χ3n) is 5.57. The lowest BCUT2D eigenvalue weighted by Gasteiger charge is -2.26. The van der Waals surface area contributed by atoms with Gasteiger partial charge in [0.15, 0.2) is 16.9 Å². The zero-order chi connectivity index (χ0) is 21.5. The normalized spacial score (nSPS) is 19.1. The number of benzene rings is 1. The van der Waals surface area contributed by atoms with E-state index >= 15 is 0 Å². The molecule has 1 amide bonds. The maximum atomic E-state index is 12.4. The van der Waals surface area contributed by atoms with Crippen molar-refractivity contribution in [2.45, 2.75) is 37.8 Å². The average molecular weight is 441 g/mol. The maximum absolute atomic E-state index is 12.4. The predicted molar refractivity (Wildman–Crippen MR) is 116 cm³/mol. The number of rotatable bonds is 3. The third-order valence-corrected chi connectivity index (χ3v) is 5.81. The van der Waals surface area contributed by atoms with E-state index in [0.29, 0.717) is 34.0 Å². The van der Waals surface area contributed by atoms with Crippen LogP contribution in [0.15, 0.2) is 30.6 Å². The Balaban J connectivity index is 1.43. The molecule has 0 radical (unpaired) electrons. The summed E-state index contributed by atoms with van der Waals surface area (Å²) in [5.74, 6) is 0.279. The van der Waals surface area contributed by atoms with Crippen molar-refractivity contribution >= 4 is 39.8 Å². The van der Waals surface area contributed by atoms with E-state index in [4.69, 9.17) is 16.3 Å². The molecule has 0 bridgehead atoms. The fraction of sp³-hybridized carbons (Fsp3) is 0.333. The van der Waals surface area contributed by atoms with Gasteiger partial charge in [0.2, 0.25) is 0 Å². The Labute approximate surface area is 182 Å². The largest absolute Gasteiger partial charge is 0.412 e. The Bertz CT molecular complexity index is 1280. The van der Waals surface area contributed by atoms with Gasteiger partial charge in [-0.3, -0.25) is 4.68 Å². The topological polar surface area (TPSA) is 118 Å². The molecule has 1 aromatic carbocycles. The first kappa shape index (κ1) is 19.8. The number of halogens is 1. The number of fused-ring (bicyclic) bond motifs is 2. The summed E-state index contributed by atoms with van der Waals surface area (Å²) in [5.41, 5.74) is 3.04. The monoisotopic (exact) mass is 440 g/mol. The molecule has 1 aliphatic rings. The summed E-state index contributed by atoms with van der Waals surface area (Å²) < 4.78 is 7.24. The van der Waals surface area contributed by atoms with E-state index in [1.54, 1.807) is 23.1 Å². The van der Waals surface area contributed by atoms with Crippen LogP contribution in [0.3, 0.4) is 0 Å². The second-order valence-corrected chi connectivity index (χ2v) is 8.23. The van der Waals surface area contributed by atoms with Gasteiger partial charge in [-0.05, 0) is 43.9 Å². The van der Waals surface area contributed by atoms with Crippen LogP contribution in [0.5, 0.6) is 5.75 Å². The van der Waals surface area contributed by atoms with Crippen molar-refractivity contribution in [1.82, 2.24) is 30.0 Å². The van der Waals surface area contributed by atoms with Crippen LogP contribution in [0, 0.1) is 0 Å². The summed E-state index contributed by atoms with van der Waals surface area (Å²) in [4.78, 5) is 24.4. The molecule has 1 saturated carbocycles. The first-order chi connectivity index (χ1) is 15.0. The molecule has 0 unspecified atom stereocenters. The number of hydrogen-bond acceptors (Lipinski definition) is 6. The minimum Gasteiger partial charge on any atom is -0.406 e. The standard InChI is InChI=1S/C21H21ClN6O3/c1-28-16-7-11(22)5-6-14(16)18(27-28)15-9-23-20-19(26-15)17(10-24-20)31-21(30)25-12-3-2-4-13(29)8-12/h5-7,9-10,12-13,29H,2-4,8H2,1H3,(H,23,24)(H,25,30)/t12-,13-/m1/s1. The van der Waals surface area contributed by atoms with Crippen LogP contribution in [0.25, 0.3) is 33.5 Å². The summed E-state index contributed by atoms with van der Waals surface area (Å²) in [5, 5.41) is 18.7.